The summed E-state index contributed by atoms with van der Waals surface area (Å²) in [5, 5.41) is 3.21. The van der Waals surface area contributed by atoms with Gasteiger partial charge in [-0.3, -0.25) is 0 Å². The molecule has 78 valence electrons. The first kappa shape index (κ1) is 11.0. The van der Waals surface area contributed by atoms with E-state index in [0.717, 1.165) is 18.7 Å². The highest BCUT2D eigenvalue weighted by Gasteiger charge is 1.98. The minimum atomic E-state index is -0.203. The Labute approximate surface area is 84.3 Å². The zero-order chi connectivity index (χ0) is 10.4. The lowest BCUT2D eigenvalue weighted by Gasteiger charge is -2.10. The number of halogens is 1. The van der Waals surface area contributed by atoms with Gasteiger partial charge in [0, 0.05) is 12.2 Å². The first-order valence-corrected chi connectivity index (χ1v) is 4.92. The number of nitrogens with two attached hydrogens (primary N) is 1. The third kappa shape index (κ3) is 3.75. The lowest BCUT2D eigenvalue weighted by atomic mass is 10.1. The summed E-state index contributed by atoms with van der Waals surface area (Å²) >= 11 is 0. The van der Waals surface area contributed by atoms with Crippen LogP contribution in [-0.2, 0) is 0 Å². The second kappa shape index (κ2) is 5.60. The quantitative estimate of drug-likeness (QED) is 0.757. The largest absolute Gasteiger partial charge is 0.385 e. The topological polar surface area (TPSA) is 38.0 Å². The van der Waals surface area contributed by atoms with Gasteiger partial charge in [0.25, 0.3) is 0 Å². The third-order valence-electron chi connectivity index (χ3n) is 2.21. The summed E-state index contributed by atoms with van der Waals surface area (Å²) < 4.78 is 12.5. The number of rotatable bonds is 5. The maximum absolute atomic E-state index is 12.5. The van der Waals surface area contributed by atoms with Gasteiger partial charge in [-0.05, 0) is 43.1 Å². The Kier molecular flexibility index (Phi) is 4.40. The molecule has 1 unspecified atom stereocenters. The summed E-state index contributed by atoms with van der Waals surface area (Å²) in [5.41, 5.74) is 6.45. The molecule has 0 heterocycles. The molecule has 0 aliphatic rings. The van der Waals surface area contributed by atoms with E-state index in [2.05, 4.69) is 12.2 Å². The second-order valence-corrected chi connectivity index (χ2v) is 3.56. The maximum atomic E-state index is 12.5. The number of hydrogen-bond acceptors (Lipinski definition) is 2. The molecule has 1 atom stereocenters. The van der Waals surface area contributed by atoms with Crippen LogP contribution in [0.3, 0.4) is 0 Å². The fraction of sp³-hybridized carbons (Fsp3) is 0.455. The van der Waals surface area contributed by atoms with Gasteiger partial charge in [0.05, 0.1) is 0 Å². The number of hydrogen-bond donors (Lipinski definition) is 2. The summed E-state index contributed by atoms with van der Waals surface area (Å²) in [6, 6.07) is 6.38. The van der Waals surface area contributed by atoms with Gasteiger partial charge in [0.2, 0.25) is 0 Å². The average molecular weight is 196 g/mol. The predicted octanol–water partition coefficient (Wildman–Crippen LogP) is 2.22. The molecule has 14 heavy (non-hydrogen) atoms. The third-order valence-corrected chi connectivity index (χ3v) is 2.21. The van der Waals surface area contributed by atoms with E-state index >= 15 is 0 Å². The van der Waals surface area contributed by atoms with Crippen molar-refractivity contribution < 1.29 is 4.39 Å². The van der Waals surface area contributed by atoms with Crippen molar-refractivity contribution in [3.05, 3.63) is 30.1 Å². The normalized spacial score (nSPS) is 12.5. The first-order valence-electron chi connectivity index (χ1n) is 4.92. The summed E-state index contributed by atoms with van der Waals surface area (Å²) in [7, 11) is 0. The van der Waals surface area contributed by atoms with Crippen molar-refractivity contribution in [1.29, 1.82) is 0 Å². The van der Waals surface area contributed by atoms with E-state index in [4.69, 9.17) is 5.73 Å². The van der Waals surface area contributed by atoms with Crippen LogP contribution in [0.1, 0.15) is 13.3 Å². The molecule has 0 aliphatic heterocycles. The van der Waals surface area contributed by atoms with Crippen molar-refractivity contribution in [3.63, 3.8) is 0 Å². The fourth-order valence-electron chi connectivity index (χ4n) is 1.15. The van der Waals surface area contributed by atoms with Crippen LogP contribution in [0.5, 0.6) is 0 Å². The summed E-state index contributed by atoms with van der Waals surface area (Å²) in [6.07, 6.45) is 1.04. The Hall–Kier alpha value is -1.09. The molecule has 3 heteroatoms. The molecular weight excluding hydrogens is 179 g/mol. The van der Waals surface area contributed by atoms with Crippen LogP contribution in [0.15, 0.2) is 24.3 Å². The van der Waals surface area contributed by atoms with E-state index in [9.17, 15) is 4.39 Å². The molecule has 1 aromatic carbocycles. The lowest BCUT2D eigenvalue weighted by molar-refractivity contribution is 0.561. The molecule has 1 aromatic rings. The smallest absolute Gasteiger partial charge is 0.123 e. The molecular formula is C11H17FN2. The van der Waals surface area contributed by atoms with Gasteiger partial charge in [0.1, 0.15) is 5.82 Å². The number of nitrogens with one attached hydrogen (secondary N) is 1. The Morgan fingerprint density at radius 1 is 1.36 bits per heavy atom. The Bertz CT molecular complexity index is 258. The number of anilines is 1. The highest BCUT2D eigenvalue weighted by atomic mass is 19.1. The van der Waals surface area contributed by atoms with E-state index in [1.165, 1.54) is 12.1 Å². The molecule has 2 nitrogen and oxygen atoms in total. The second-order valence-electron chi connectivity index (χ2n) is 3.56. The van der Waals surface area contributed by atoms with Crippen molar-refractivity contribution in [2.45, 2.75) is 13.3 Å². The van der Waals surface area contributed by atoms with Crippen molar-refractivity contribution in [2.24, 2.45) is 11.7 Å². The van der Waals surface area contributed by atoms with Gasteiger partial charge in [0.15, 0.2) is 0 Å². The minimum absolute atomic E-state index is 0.203. The molecule has 0 amide bonds. The molecule has 0 bridgehead atoms. The lowest BCUT2D eigenvalue weighted by Crippen LogP contribution is -2.14. The van der Waals surface area contributed by atoms with Crippen LogP contribution in [0.2, 0.25) is 0 Å². The van der Waals surface area contributed by atoms with Crippen LogP contribution in [0, 0.1) is 11.7 Å². The van der Waals surface area contributed by atoms with E-state index in [0.29, 0.717) is 12.5 Å². The van der Waals surface area contributed by atoms with Crippen molar-refractivity contribution in [3.8, 4) is 0 Å². The van der Waals surface area contributed by atoms with Gasteiger partial charge in [-0.1, -0.05) is 6.92 Å². The molecule has 0 aliphatic carbocycles. The highest BCUT2D eigenvalue weighted by Crippen LogP contribution is 2.08. The first-order chi connectivity index (χ1) is 6.72. The van der Waals surface area contributed by atoms with Gasteiger partial charge >= 0.3 is 0 Å². The zero-order valence-electron chi connectivity index (χ0n) is 8.46. The molecule has 0 aromatic heterocycles. The molecule has 3 N–H and O–H groups in total. The standard InChI is InChI=1S/C11H17FN2/c1-9(8-13)6-7-14-11-4-2-10(12)3-5-11/h2-5,9,14H,6-8,13H2,1H3. The highest BCUT2D eigenvalue weighted by molar-refractivity contribution is 5.42. The van der Waals surface area contributed by atoms with Crippen LogP contribution >= 0.6 is 0 Å². The maximum Gasteiger partial charge on any atom is 0.123 e. The van der Waals surface area contributed by atoms with Crippen molar-refractivity contribution >= 4 is 5.69 Å². The summed E-state index contributed by atoms with van der Waals surface area (Å²) in [4.78, 5) is 0. The molecule has 0 spiro atoms. The molecule has 0 fully saturated rings. The fourth-order valence-corrected chi connectivity index (χ4v) is 1.15. The van der Waals surface area contributed by atoms with Crippen molar-refractivity contribution in [1.82, 2.24) is 0 Å². The average Bonchev–Trinajstić information content (AvgIpc) is 2.21. The van der Waals surface area contributed by atoms with E-state index < -0.39 is 0 Å². The summed E-state index contributed by atoms with van der Waals surface area (Å²) in [5.74, 6) is 0.328. The minimum Gasteiger partial charge on any atom is -0.385 e. The number of benzene rings is 1. The molecule has 0 radical (unpaired) electrons. The van der Waals surface area contributed by atoms with Crippen molar-refractivity contribution in [2.75, 3.05) is 18.4 Å². The van der Waals surface area contributed by atoms with E-state index in [-0.39, 0.29) is 5.82 Å². The van der Waals surface area contributed by atoms with Gasteiger partial charge in [-0.15, -0.1) is 0 Å². The predicted molar refractivity (Wildman–Crippen MR) is 57.7 cm³/mol. The Balaban J connectivity index is 2.28. The molecule has 0 saturated carbocycles. The Morgan fingerprint density at radius 2 is 2.00 bits per heavy atom. The SMILES string of the molecule is CC(CN)CCNc1ccc(F)cc1. The van der Waals surface area contributed by atoms with E-state index in [1.807, 2.05) is 0 Å². The van der Waals surface area contributed by atoms with E-state index in [1.54, 1.807) is 12.1 Å². The zero-order valence-corrected chi connectivity index (χ0v) is 8.46. The van der Waals surface area contributed by atoms with Crippen LogP contribution in [0.25, 0.3) is 0 Å². The molecule has 0 saturated heterocycles. The van der Waals surface area contributed by atoms with Crippen LogP contribution in [0.4, 0.5) is 10.1 Å². The monoisotopic (exact) mass is 196 g/mol. The van der Waals surface area contributed by atoms with Crippen LogP contribution in [-0.4, -0.2) is 13.1 Å². The van der Waals surface area contributed by atoms with Gasteiger partial charge in [-0.25, -0.2) is 4.39 Å². The Morgan fingerprint density at radius 3 is 2.57 bits per heavy atom. The summed E-state index contributed by atoms with van der Waals surface area (Å²) in [6.45, 7) is 3.71. The van der Waals surface area contributed by atoms with Crippen LogP contribution < -0.4 is 11.1 Å². The molecule has 1 rings (SSSR count). The van der Waals surface area contributed by atoms with Gasteiger partial charge in [-0.2, -0.15) is 0 Å². The van der Waals surface area contributed by atoms with Gasteiger partial charge < -0.3 is 11.1 Å².